The Balaban J connectivity index is 0.000000209. The lowest BCUT2D eigenvalue weighted by atomic mass is 9.98. The minimum Gasteiger partial charge on any atom is -0.479 e. The number of benzene rings is 5. The van der Waals surface area contributed by atoms with Crippen LogP contribution in [0.1, 0.15) is 114 Å². The molecule has 3 N–H and O–H groups in total. The number of nitrogens with zero attached hydrogens (tertiary/aromatic N) is 12. The Morgan fingerprint density at radius 3 is 1.47 bits per heavy atom. The van der Waals surface area contributed by atoms with Crippen LogP contribution in [0.25, 0.3) is 45.0 Å². The summed E-state index contributed by atoms with van der Waals surface area (Å²) in [5.74, 6) is 1.62. The Morgan fingerprint density at radius 2 is 1.03 bits per heavy atom. The van der Waals surface area contributed by atoms with E-state index >= 15 is 0 Å². The van der Waals surface area contributed by atoms with Crippen LogP contribution in [0.2, 0.25) is 0 Å². The number of aryl methyl sites for hydroxylation is 3. The third kappa shape index (κ3) is 13.4. The molecule has 0 saturated carbocycles. The van der Waals surface area contributed by atoms with Crippen molar-refractivity contribution in [1.29, 1.82) is 0 Å². The first-order valence-electron chi connectivity index (χ1n) is 26.3. The van der Waals surface area contributed by atoms with Crippen molar-refractivity contribution in [3.8, 4) is 45.0 Å². The van der Waals surface area contributed by atoms with Crippen molar-refractivity contribution < 1.29 is 14.6 Å². The van der Waals surface area contributed by atoms with E-state index in [0.29, 0.717) is 49.9 Å². The summed E-state index contributed by atoms with van der Waals surface area (Å²) in [6.07, 6.45) is 7.29. The first-order valence-corrected chi connectivity index (χ1v) is 26.3. The van der Waals surface area contributed by atoms with Crippen molar-refractivity contribution in [2.45, 2.75) is 130 Å². The summed E-state index contributed by atoms with van der Waals surface area (Å²) in [6.45, 7) is 9.85. The van der Waals surface area contributed by atoms with Gasteiger partial charge in [-0.05, 0) is 75.1 Å². The summed E-state index contributed by atoms with van der Waals surface area (Å²) in [4.78, 5) is 38.6. The van der Waals surface area contributed by atoms with Crippen LogP contribution in [0.5, 0.6) is 0 Å². The lowest BCUT2D eigenvalue weighted by molar-refractivity contribution is -0.155. The fraction of sp³-hybridized carbons (Fsp3) is 0.351. The Bertz CT molecular complexity index is 3330. The number of rotatable bonds is 25. The van der Waals surface area contributed by atoms with Crippen molar-refractivity contribution in [2.24, 2.45) is 0 Å². The fourth-order valence-corrected chi connectivity index (χ4v) is 9.04. The van der Waals surface area contributed by atoms with Gasteiger partial charge in [-0.2, -0.15) is 20.6 Å². The van der Waals surface area contributed by atoms with Crippen LogP contribution in [0.15, 0.2) is 137 Å². The standard InChI is InChI=1S/C32H35N7O4.C25H31N7O/c1-3-5-15-29-35-39(21-28(24-11-7-6-8-12-24)43-27(4-2)31(40)41)32(42)38(29)20-22-16-18-23(19-17-22)25-13-9-10-14-26(25)30-33-36-37-34-30;1-3-5-9-17-32-25(33)31(23(28-32)12-6-4-2)18-19-13-15-20(16-14-19)21-10-7-8-11-22(21)24-26-29-30-27-24/h6-14,16-19,27-28H,3-5,15,20-21H2,1-2H3,(H,40,41)(H,33,34,36,37);7-8,10-11,13-16H,3-6,9,12,17-18H2,1-2H3,(H,26,27,29,30). The molecule has 0 aliphatic carbocycles. The number of hydrogen-bond acceptors (Lipinski definition) is 12. The van der Waals surface area contributed by atoms with E-state index in [4.69, 9.17) is 9.84 Å². The third-order valence-corrected chi connectivity index (χ3v) is 13.2. The lowest BCUT2D eigenvalue weighted by Crippen LogP contribution is -2.31. The number of aromatic amines is 2. The summed E-state index contributed by atoms with van der Waals surface area (Å²) < 4.78 is 12.6. The molecule has 4 heterocycles. The maximum atomic E-state index is 13.7. The molecule has 2 unspecified atom stereocenters. The maximum absolute atomic E-state index is 13.7. The molecule has 0 bridgehead atoms. The van der Waals surface area contributed by atoms with Gasteiger partial charge in [0.1, 0.15) is 17.8 Å². The van der Waals surface area contributed by atoms with Crippen molar-refractivity contribution in [3.63, 3.8) is 0 Å². The Hall–Kier alpha value is -8.45. The van der Waals surface area contributed by atoms with Crippen LogP contribution in [0.4, 0.5) is 0 Å². The van der Waals surface area contributed by atoms with E-state index in [0.717, 1.165) is 107 Å². The van der Waals surface area contributed by atoms with Gasteiger partial charge in [0.2, 0.25) is 11.6 Å². The van der Waals surface area contributed by atoms with Crippen LogP contribution < -0.4 is 11.4 Å². The molecule has 4 aromatic heterocycles. The number of carbonyl (C=O) groups is 1. The highest BCUT2D eigenvalue weighted by molar-refractivity contribution is 5.81. The molecule has 19 nitrogen and oxygen atoms in total. The minimum atomic E-state index is -1.03. The van der Waals surface area contributed by atoms with Crippen molar-refractivity contribution >= 4 is 5.97 Å². The summed E-state index contributed by atoms with van der Waals surface area (Å²) in [6, 6.07) is 41.6. The largest absolute Gasteiger partial charge is 0.479 e. The van der Waals surface area contributed by atoms with E-state index < -0.39 is 18.2 Å². The highest BCUT2D eigenvalue weighted by Crippen LogP contribution is 2.31. The number of tetrazole rings is 2. The van der Waals surface area contributed by atoms with Crippen molar-refractivity contribution in [1.82, 2.24) is 69.9 Å². The van der Waals surface area contributed by atoms with Gasteiger partial charge in [0, 0.05) is 30.5 Å². The van der Waals surface area contributed by atoms with Gasteiger partial charge in [0.05, 0.1) is 19.6 Å². The molecule has 76 heavy (non-hydrogen) atoms. The number of nitrogens with one attached hydrogen (secondary N) is 2. The van der Waals surface area contributed by atoms with Crippen LogP contribution >= 0.6 is 0 Å². The van der Waals surface area contributed by atoms with Crippen LogP contribution in [0, 0.1) is 0 Å². The predicted molar refractivity (Wildman–Crippen MR) is 290 cm³/mol. The number of H-pyrrole nitrogens is 2. The molecule has 0 amide bonds. The Kier molecular flexibility index (Phi) is 18.9. The number of carboxylic acid groups (broad SMARTS) is 1. The molecule has 5 aromatic carbocycles. The number of carboxylic acids is 1. The van der Waals surface area contributed by atoms with E-state index in [1.807, 2.05) is 108 Å². The SMILES string of the molecule is CCCCCn1nc(CCCC)n(Cc2ccc(-c3ccccc3-c3nn[nH]n3)cc2)c1=O.CCCCc1nn(CC(OC(CC)C(=O)O)c2ccccc2)c(=O)n1Cc1ccc(-c2ccccc2-c2nn[nH]n2)cc1. The normalized spacial score (nSPS) is 12.1. The van der Waals surface area contributed by atoms with Crippen LogP contribution in [-0.4, -0.2) is 87.1 Å². The molecule has 0 saturated heterocycles. The lowest BCUT2D eigenvalue weighted by Gasteiger charge is -2.22. The minimum absolute atomic E-state index is 0.0104. The quantitative estimate of drug-likeness (QED) is 0.0453. The smallest absolute Gasteiger partial charge is 0.346 e. The number of hydrogen-bond donors (Lipinski definition) is 3. The highest BCUT2D eigenvalue weighted by Gasteiger charge is 2.26. The summed E-state index contributed by atoms with van der Waals surface area (Å²) >= 11 is 0. The molecule has 9 aromatic rings. The molecule has 0 spiro atoms. The zero-order valence-electron chi connectivity index (χ0n) is 43.6. The molecular weight excluding hydrogens is 961 g/mol. The van der Waals surface area contributed by atoms with Crippen molar-refractivity contribution in [2.75, 3.05) is 0 Å². The Labute approximate surface area is 441 Å². The van der Waals surface area contributed by atoms with E-state index in [9.17, 15) is 19.5 Å². The van der Waals surface area contributed by atoms with Crippen LogP contribution in [-0.2, 0) is 48.6 Å². The second-order valence-electron chi connectivity index (χ2n) is 18.6. The Morgan fingerprint density at radius 1 is 0.566 bits per heavy atom. The van der Waals surface area contributed by atoms with E-state index in [1.54, 1.807) is 16.2 Å². The highest BCUT2D eigenvalue weighted by atomic mass is 16.5. The second kappa shape index (κ2) is 26.7. The monoisotopic (exact) mass is 1030 g/mol. The van der Waals surface area contributed by atoms with Gasteiger partial charge in [-0.25, -0.2) is 23.7 Å². The zero-order valence-corrected chi connectivity index (χ0v) is 43.6. The van der Waals surface area contributed by atoms with Gasteiger partial charge in [0.25, 0.3) is 0 Å². The van der Waals surface area contributed by atoms with E-state index in [1.165, 1.54) is 4.68 Å². The number of aromatic nitrogens is 14. The van der Waals surface area contributed by atoms with Gasteiger partial charge in [-0.15, -0.1) is 20.4 Å². The van der Waals surface area contributed by atoms with E-state index in [-0.39, 0.29) is 17.9 Å². The average Bonchev–Trinajstić information content (AvgIpc) is 4.30. The summed E-state index contributed by atoms with van der Waals surface area (Å²) in [7, 11) is 0. The third-order valence-electron chi connectivity index (χ3n) is 13.2. The van der Waals surface area contributed by atoms with Crippen LogP contribution in [0.3, 0.4) is 0 Å². The maximum Gasteiger partial charge on any atom is 0.346 e. The van der Waals surface area contributed by atoms with Gasteiger partial charge < -0.3 is 9.84 Å². The number of aliphatic carboxylic acids is 1. The molecular formula is C57H66N14O5. The average molecular weight is 1030 g/mol. The molecule has 0 aliphatic heterocycles. The van der Waals surface area contributed by atoms with Crippen molar-refractivity contribution in [3.05, 3.63) is 177 Å². The molecule has 394 valence electrons. The molecule has 2 atom stereocenters. The predicted octanol–water partition coefficient (Wildman–Crippen LogP) is 9.38. The first-order chi connectivity index (χ1) is 37.2. The fourth-order valence-electron chi connectivity index (χ4n) is 9.04. The van der Waals surface area contributed by atoms with Gasteiger partial charge in [-0.1, -0.05) is 181 Å². The molecule has 0 aliphatic rings. The second-order valence-corrected chi connectivity index (χ2v) is 18.6. The summed E-state index contributed by atoms with van der Waals surface area (Å²) in [5.41, 5.74) is 8.40. The number of unbranched alkanes of at least 4 members (excludes halogenated alkanes) is 4. The zero-order chi connectivity index (χ0) is 53.2. The molecule has 19 heteroatoms. The molecule has 0 radical (unpaired) electrons. The van der Waals surface area contributed by atoms with Gasteiger partial charge >= 0.3 is 17.3 Å². The topological polar surface area (TPSA) is 235 Å². The van der Waals surface area contributed by atoms with Gasteiger partial charge in [-0.3, -0.25) is 9.13 Å². The molecule has 0 fully saturated rings. The first kappa shape index (κ1) is 53.8. The van der Waals surface area contributed by atoms with E-state index in [2.05, 4.69) is 91.4 Å². The molecule has 9 rings (SSSR count). The number of ether oxygens (including phenoxy) is 1. The van der Waals surface area contributed by atoms with Gasteiger partial charge in [0.15, 0.2) is 6.10 Å². The summed E-state index contributed by atoms with van der Waals surface area (Å²) in [5, 5.41) is 47.9.